The monoisotopic (exact) mass is 556 g/mol. The number of likely N-dealkylation sites (N-methyl/N-ethyl adjacent to an activating group) is 1. The van der Waals surface area contributed by atoms with E-state index >= 15 is 0 Å². The normalized spacial score (nSPS) is 20.4. The van der Waals surface area contributed by atoms with Gasteiger partial charge in [0.25, 0.3) is 5.91 Å². The predicted molar refractivity (Wildman–Crippen MR) is 148 cm³/mol. The molecule has 1 saturated heterocycles. The summed E-state index contributed by atoms with van der Waals surface area (Å²) >= 11 is 0. The van der Waals surface area contributed by atoms with Gasteiger partial charge in [-0.1, -0.05) is 13.0 Å². The van der Waals surface area contributed by atoms with Gasteiger partial charge >= 0.3 is 6.03 Å². The lowest BCUT2D eigenvalue weighted by atomic mass is 9.98. The van der Waals surface area contributed by atoms with Crippen molar-refractivity contribution in [1.82, 2.24) is 9.80 Å². The number of benzene rings is 2. The van der Waals surface area contributed by atoms with Crippen LogP contribution in [0.25, 0.3) is 0 Å². The Labute approximate surface area is 233 Å². The number of urea groups is 1. The molecule has 0 radical (unpaired) electrons. The number of hydrogen-bond acceptors (Lipinski definition) is 6. The van der Waals surface area contributed by atoms with Crippen molar-refractivity contribution in [3.8, 4) is 5.75 Å². The summed E-state index contributed by atoms with van der Waals surface area (Å²) in [4.78, 5) is 42.7. The first-order valence-corrected chi connectivity index (χ1v) is 13.6. The number of fused-ring (bicyclic) bond motifs is 1. The van der Waals surface area contributed by atoms with E-state index in [1.807, 2.05) is 6.92 Å². The van der Waals surface area contributed by atoms with E-state index in [0.717, 1.165) is 0 Å². The van der Waals surface area contributed by atoms with Gasteiger partial charge in [-0.15, -0.1) is 0 Å². The first-order chi connectivity index (χ1) is 19.2. The number of carbonyl (C=O) groups excluding carboxylic acids is 3. The molecule has 216 valence electrons. The molecule has 2 aliphatic rings. The minimum atomic E-state index is -0.564. The molecule has 2 aromatic carbocycles. The van der Waals surface area contributed by atoms with E-state index in [1.165, 1.54) is 29.2 Å². The molecule has 0 saturated carbocycles. The summed E-state index contributed by atoms with van der Waals surface area (Å²) in [5.74, 6) is -1.12. The SMILES string of the molecule is C[C@H](CO)N1C[C@H](C)[C@@H](CN(C)C(=O)Nc2ccc(F)cc2)Oc2c(NC(=O)C3CCOCC3)cccc2C1=O. The van der Waals surface area contributed by atoms with Crippen molar-refractivity contribution in [3.05, 3.63) is 53.8 Å². The van der Waals surface area contributed by atoms with Gasteiger partial charge in [-0.25, -0.2) is 9.18 Å². The number of anilines is 2. The Morgan fingerprint density at radius 2 is 1.85 bits per heavy atom. The van der Waals surface area contributed by atoms with Crippen molar-refractivity contribution >= 4 is 29.2 Å². The van der Waals surface area contributed by atoms with E-state index in [0.29, 0.717) is 37.4 Å². The third-order valence-electron chi connectivity index (χ3n) is 7.44. The van der Waals surface area contributed by atoms with Crippen molar-refractivity contribution in [2.24, 2.45) is 11.8 Å². The lowest BCUT2D eigenvalue weighted by Crippen LogP contribution is -2.50. The Morgan fingerprint density at radius 3 is 2.52 bits per heavy atom. The van der Waals surface area contributed by atoms with Crippen LogP contribution >= 0.6 is 0 Å². The zero-order valence-electron chi connectivity index (χ0n) is 23.1. The Bertz CT molecular complexity index is 1200. The second-order valence-corrected chi connectivity index (χ2v) is 10.5. The summed E-state index contributed by atoms with van der Waals surface area (Å²) in [5.41, 5.74) is 1.08. The number of hydrogen-bond donors (Lipinski definition) is 3. The second-order valence-electron chi connectivity index (χ2n) is 10.5. The average molecular weight is 557 g/mol. The Morgan fingerprint density at radius 1 is 1.15 bits per heavy atom. The molecule has 4 rings (SSSR count). The number of aliphatic hydroxyl groups is 1. The van der Waals surface area contributed by atoms with Crippen molar-refractivity contribution in [3.63, 3.8) is 0 Å². The number of para-hydroxylation sites is 1. The molecule has 3 atom stereocenters. The molecular formula is C29H37FN4O6. The average Bonchev–Trinajstić information content (AvgIpc) is 2.96. The van der Waals surface area contributed by atoms with Crippen molar-refractivity contribution < 1.29 is 33.4 Å². The number of halogens is 1. The smallest absolute Gasteiger partial charge is 0.321 e. The molecule has 10 nitrogen and oxygen atoms in total. The molecule has 0 aromatic heterocycles. The van der Waals surface area contributed by atoms with Crippen LogP contribution in [0.15, 0.2) is 42.5 Å². The highest BCUT2D eigenvalue weighted by Gasteiger charge is 2.35. The number of amides is 4. The summed E-state index contributed by atoms with van der Waals surface area (Å²) in [6.07, 6.45) is 0.650. The number of nitrogens with zero attached hydrogens (tertiary/aromatic N) is 2. The van der Waals surface area contributed by atoms with E-state index in [2.05, 4.69) is 10.6 Å². The number of rotatable bonds is 7. The van der Waals surface area contributed by atoms with Crippen molar-refractivity contribution in [2.75, 3.05) is 50.6 Å². The molecule has 4 amide bonds. The molecule has 0 aliphatic carbocycles. The third kappa shape index (κ3) is 6.89. The van der Waals surface area contributed by atoms with Crippen LogP contribution in [0.2, 0.25) is 0 Å². The van der Waals surface area contributed by atoms with Gasteiger partial charge in [0.1, 0.15) is 11.9 Å². The fraction of sp³-hybridized carbons (Fsp3) is 0.483. The van der Waals surface area contributed by atoms with Crippen molar-refractivity contribution in [1.29, 1.82) is 0 Å². The van der Waals surface area contributed by atoms with Crippen LogP contribution in [0.4, 0.5) is 20.6 Å². The van der Waals surface area contributed by atoms with E-state index in [4.69, 9.17) is 9.47 Å². The highest BCUT2D eigenvalue weighted by Crippen LogP contribution is 2.35. The molecule has 11 heteroatoms. The maximum Gasteiger partial charge on any atom is 0.321 e. The fourth-order valence-corrected chi connectivity index (χ4v) is 4.86. The van der Waals surface area contributed by atoms with Crippen LogP contribution in [-0.2, 0) is 9.53 Å². The van der Waals surface area contributed by atoms with Gasteiger partial charge in [0.15, 0.2) is 5.75 Å². The zero-order chi connectivity index (χ0) is 28.8. The molecule has 2 aromatic rings. The van der Waals surface area contributed by atoms with E-state index in [1.54, 1.807) is 37.1 Å². The standard InChI is InChI=1S/C29H37FN4O6/c1-18-15-34(19(2)17-35)28(37)23-5-4-6-24(32-27(36)20-11-13-39-14-12-20)26(23)40-25(18)16-33(3)29(38)31-22-9-7-21(30)8-10-22/h4-10,18-20,25,35H,11-17H2,1-3H3,(H,31,38)(H,32,36)/t18-,19+,25+/m0/s1. The first-order valence-electron chi connectivity index (χ1n) is 13.6. The highest BCUT2D eigenvalue weighted by molar-refractivity contribution is 6.02. The summed E-state index contributed by atoms with van der Waals surface area (Å²) in [6.45, 7) is 4.93. The molecule has 1 fully saturated rings. The van der Waals surface area contributed by atoms with Crippen LogP contribution in [0.1, 0.15) is 37.0 Å². The topological polar surface area (TPSA) is 120 Å². The predicted octanol–water partition coefficient (Wildman–Crippen LogP) is 3.57. The maximum absolute atomic E-state index is 13.6. The zero-order valence-corrected chi connectivity index (χ0v) is 23.1. The molecule has 0 bridgehead atoms. The minimum absolute atomic E-state index is 0.158. The number of aliphatic hydroxyl groups excluding tert-OH is 1. The van der Waals surface area contributed by atoms with Gasteiger partial charge in [0.05, 0.1) is 30.4 Å². The molecule has 3 N–H and O–H groups in total. The second kappa shape index (κ2) is 13.1. The number of ether oxygens (including phenoxy) is 2. The summed E-state index contributed by atoms with van der Waals surface area (Å²) in [7, 11) is 1.62. The van der Waals surface area contributed by atoms with Gasteiger partial charge in [0.2, 0.25) is 5.91 Å². The summed E-state index contributed by atoms with van der Waals surface area (Å²) < 4.78 is 25.1. The summed E-state index contributed by atoms with van der Waals surface area (Å²) in [5, 5.41) is 15.6. The first kappa shape index (κ1) is 29.3. The van der Waals surface area contributed by atoms with Crippen LogP contribution < -0.4 is 15.4 Å². The quantitative estimate of drug-likeness (QED) is 0.480. The Balaban J connectivity index is 1.61. The molecule has 2 heterocycles. The van der Waals surface area contributed by atoms with Gasteiger partial charge in [0, 0.05) is 44.3 Å². The third-order valence-corrected chi connectivity index (χ3v) is 7.44. The number of carbonyl (C=O) groups is 3. The summed E-state index contributed by atoms with van der Waals surface area (Å²) in [6, 6.07) is 9.61. The fourth-order valence-electron chi connectivity index (χ4n) is 4.86. The van der Waals surface area contributed by atoms with Gasteiger partial charge in [-0.3, -0.25) is 9.59 Å². The van der Waals surface area contributed by atoms with Crippen molar-refractivity contribution in [2.45, 2.75) is 38.8 Å². The maximum atomic E-state index is 13.6. The van der Waals surface area contributed by atoms with E-state index in [-0.39, 0.29) is 54.7 Å². The molecule has 0 spiro atoms. The van der Waals surface area contributed by atoms with Gasteiger partial charge < -0.3 is 35.0 Å². The minimum Gasteiger partial charge on any atom is -0.485 e. The molecule has 40 heavy (non-hydrogen) atoms. The lowest BCUT2D eigenvalue weighted by Gasteiger charge is -2.38. The van der Waals surface area contributed by atoms with E-state index < -0.39 is 24.0 Å². The largest absolute Gasteiger partial charge is 0.485 e. The van der Waals surface area contributed by atoms with Crippen LogP contribution in [0, 0.1) is 17.7 Å². The van der Waals surface area contributed by atoms with Gasteiger partial charge in [-0.05, 0) is 56.2 Å². The lowest BCUT2D eigenvalue weighted by molar-refractivity contribution is -0.122. The van der Waals surface area contributed by atoms with E-state index in [9.17, 15) is 23.9 Å². The Hall–Kier alpha value is -3.70. The van der Waals surface area contributed by atoms with Gasteiger partial charge in [-0.2, -0.15) is 0 Å². The van der Waals surface area contributed by atoms with Crippen LogP contribution in [0.3, 0.4) is 0 Å². The highest BCUT2D eigenvalue weighted by atomic mass is 19.1. The molecule has 2 aliphatic heterocycles. The van der Waals surface area contributed by atoms with Crippen LogP contribution in [0.5, 0.6) is 5.75 Å². The Kier molecular flexibility index (Phi) is 9.59. The number of nitrogens with one attached hydrogen (secondary N) is 2. The molecular weight excluding hydrogens is 519 g/mol. The molecule has 0 unspecified atom stereocenters. The van der Waals surface area contributed by atoms with Crippen LogP contribution in [-0.4, -0.2) is 84.9 Å².